The molecule has 3 heteroatoms. The third-order valence-corrected chi connectivity index (χ3v) is 3.38. The van der Waals surface area contributed by atoms with E-state index in [9.17, 15) is 0 Å². The van der Waals surface area contributed by atoms with Crippen LogP contribution in [0.3, 0.4) is 0 Å². The van der Waals surface area contributed by atoms with Crippen LogP contribution in [0.1, 0.15) is 19.3 Å². The van der Waals surface area contributed by atoms with Gasteiger partial charge in [0.2, 0.25) is 0 Å². The van der Waals surface area contributed by atoms with Crippen molar-refractivity contribution < 1.29 is 4.74 Å². The van der Waals surface area contributed by atoms with Crippen molar-refractivity contribution in [2.24, 2.45) is 0 Å². The Morgan fingerprint density at radius 3 is 2.67 bits per heavy atom. The number of hydrogen-bond donors (Lipinski definition) is 1. The van der Waals surface area contributed by atoms with E-state index < -0.39 is 0 Å². The van der Waals surface area contributed by atoms with E-state index in [-0.39, 0.29) is 0 Å². The van der Waals surface area contributed by atoms with Crippen LogP contribution in [0, 0.1) is 0 Å². The van der Waals surface area contributed by atoms with E-state index in [2.05, 4.69) is 16.8 Å². The molecule has 1 atom stereocenters. The highest BCUT2D eigenvalue weighted by Crippen LogP contribution is 2.13. The molecule has 15 heavy (non-hydrogen) atoms. The van der Waals surface area contributed by atoms with Gasteiger partial charge in [0.05, 0.1) is 6.61 Å². The minimum atomic E-state index is 0.612. The summed E-state index contributed by atoms with van der Waals surface area (Å²) in [5.74, 6) is 0. The van der Waals surface area contributed by atoms with E-state index in [1.807, 2.05) is 6.08 Å². The molecule has 2 aliphatic heterocycles. The van der Waals surface area contributed by atoms with Crippen LogP contribution in [-0.2, 0) is 4.74 Å². The molecule has 0 aromatic rings. The maximum absolute atomic E-state index is 5.37. The van der Waals surface area contributed by atoms with Crippen LogP contribution in [0.2, 0.25) is 0 Å². The van der Waals surface area contributed by atoms with Gasteiger partial charge in [-0.05, 0) is 32.4 Å². The molecule has 1 N–H and O–H groups in total. The molecule has 0 aromatic heterocycles. The van der Waals surface area contributed by atoms with E-state index in [0.29, 0.717) is 12.1 Å². The van der Waals surface area contributed by atoms with Crippen molar-refractivity contribution in [3.8, 4) is 0 Å². The minimum Gasteiger partial charge on any atom is -0.380 e. The van der Waals surface area contributed by atoms with Gasteiger partial charge in [0.15, 0.2) is 0 Å². The fourth-order valence-corrected chi connectivity index (χ4v) is 2.46. The van der Waals surface area contributed by atoms with Crippen LogP contribution in [0.4, 0.5) is 0 Å². The second-order valence-corrected chi connectivity index (χ2v) is 4.59. The van der Waals surface area contributed by atoms with Crippen molar-refractivity contribution in [1.82, 2.24) is 10.2 Å². The van der Waals surface area contributed by atoms with E-state index in [1.165, 1.54) is 32.4 Å². The van der Waals surface area contributed by atoms with Crippen molar-refractivity contribution >= 4 is 0 Å². The normalized spacial score (nSPS) is 29.5. The van der Waals surface area contributed by atoms with Gasteiger partial charge in [-0.1, -0.05) is 6.08 Å². The predicted molar refractivity (Wildman–Crippen MR) is 62.0 cm³/mol. The Kier molecular flexibility index (Phi) is 4.18. The Morgan fingerprint density at radius 2 is 2.07 bits per heavy atom. The van der Waals surface area contributed by atoms with Gasteiger partial charge >= 0.3 is 0 Å². The molecule has 2 fully saturated rings. The number of hydrogen-bond acceptors (Lipinski definition) is 3. The number of rotatable bonds is 4. The first-order valence-corrected chi connectivity index (χ1v) is 6.05. The van der Waals surface area contributed by atoms with Crippen LogP contribution in [0.25, 0.3) is 0 Å². The molecule has 0 bridgehead atoms. The Balaban J connectivity index is 1.66. The van der Waals surface area contributed by atoms with Crippen LogP contribution in [0.5, 0.6) is 0 Å². The summed E-state index contributed by atoms with van der Waals surface area (Å²) in [4.78, 5) is 2.47. The highest BCUT2D eigenvalue weighted by molar-refractivity contribution is 4.84. The van der Waals surface area contributed by atoms with E-state index in [4.69, 9.17) is 4.74 Å². The van der Waals surface area contributed by atoms with Crippen molar-refractivity contribution in [3.63, 3.8) is 0 Å². The lowest BCUT2D eigenvalue weighted by Crippen LogP contribution is -2.46. The van der Waals surface area contributed by atoms with E-state index in [1.54, 1.807) is 0 Å². The summed E-state index contributed by atoms with van der Waals surface area (Å²) in [6, 6.07) is 1.32. The molecule has 3 nitrogen and oxygen atoms in total. The zero-order valence-corrected chi connectivity index (χ0v) is 9.45. The molecule has 0 radical (unpaired) electrons. The standard InChI is InChI=1S/C12H22N2O/c1-2-6-14-7-3-11(4-8-14)13-12-5-9-15-10-12/h2,11-13H,1,3-10H2. The molecule has 86 valence electrons. The first kappa shape index (κ1) is 11.1. The fourth-order valence-electron chi connectivity index (χ4n) is 2.46. The lowest BCUT2D eigenvalue weighted by atomic mass is 10.0. The van der Waals surface area contributed by atoms with Crippen LogP contribution < -0.4 is 5.32 Å². The smallest absolute Gasteiger partial charge is 0.0620 e. The molecule has 0 spiro atoms. The number of nitrogens with zero attached hydrogens (tertiary/aromatic N) is 1. The van der Waals surface area contributed by atoms with Crippen LogP contribution >= 0.6 is 0 Å². The SMILES string of the molecule is C=CCN1CCC(NC2CCOC2)CC1. The molecule has 2 heterocycles. The van der Waals surface area contributed by atoms with Crippen molar-refractivity contribution in [1.29, 1.82) is 0 Å². The van der Waals surface area contributed by atoms with Gasteiger partial charge in [-0.15, -0.1) is 6.58 Å². The Morgan fingerprint density at radius 1 is 1.27 bits per heavy atom. The zero-order valence-electron chi connectivity index (χ0n) is 9.45. The van der Waals surface area contributed by atoms with E-state index >= 15 is 0 Å². The van der Waals surface area contributed by atoms with Gasteiger partial charge in [0.25, 0.3) is 0 Å². The molecule has 0 aliphatic carbocycles. The monoisotopic (exact) mass is 210 g/mol. The summed E-state index contributed by atoms with van der Waals surface area (Å²) in [7, 11) is 0. The number of likely N-dealkylation sites (tertiary alicyclic amines) is 1. The summed E-state index contributed by atoms with van der Waals surface area (Å²) in [5.41, 5.74) is 0. The van der Waals surface area contributed by atoms with Gasteiger partial charge in [0, 0.05) is 25.2 Å². The quantitative estimate of drug-likeness (QED) is 0.701. The van der Waals surface area contributed by atoms with Crippen molar-refractivity contribution in [2.45, 2.75) is 31.3 Å². The predicted octanol–water partition coefficient (Wildman–Crippen LogP) is 1.02. The van der Waals surface area contributed by atoms with Gasteiger partial charge in [-0.3, -0.25) is 4.90 Å². The molecule has 2 saturated heterocycles. The average molecular weight is 210 g/mol. The molecule has 2 rings (SSSR count). The van der Waals surface area contributed by atoms with Crippen molar-refractivity contribution in [2.75, 3.05) is 32.8 Å². The topological polar surface area (TPSA) is 24.5 Å². The Labute approximate surface area is 92.5 Å². The first-order valence-electron chi connectivity index (χ1n) is 6.05. The maximum atomic E-state index is 5.37. The number of piperidine rings is 1. The van der Waals surface area contributed by atoms with Crippen molar-refractivity contribution in [3.05, 3.63) is 12.7 Å². The Bertz CT molecular complexity index is 194. The summed E-state index contributed by atoms with van der Waals surface area (Å²) < 4.78 is 5.37. The maximum Gasteiger partial charge on any atom is 0.0620 e. The highest BCUT2D eigenvalue weighted by atomic mass is 16.5. The molecular formula is C12H22N2O. The zero-order chi connectivity index (χ0) is 10.5. The van der Waals surface area contributed by atoms with Gasteiger partial charge in [-0.25, -0.2) is 0 Å². The van der Waals surface area contributed by atoms with Gasteiger partial charge < -0.3 is 10.1 Å². The van der Waals surface area contributed by atoms with E-state index in [0.717, 1.165) is 19.8 Å². The molecule has 0 amide bonds. The number of ether oxygens (including phenoxy) is 1. The minimum absolute atomic E-state index is 0.612. The lowest BCUT2D eigenvalue weighted by molar-refractivity contribution is 0.176. The van der Waals surface area contributed by atoms with Crippen LogP contribution in [-0.4, -0.2) is 49.8 Å². The lowest BCUT2D eigenvalue weighted by Gasteiger charge is -2.33. The third kappa shape index (κ3) is 3.30. The highest BCUT2D eigenvalue weighted by Gasteiger charge is 2.23. The molecule has 2 aliphatic rings. The molecule has 0 aromatic carbocycles. The third-order valence-electron chi connectivity index (χ3n) is 3.38. The largest absolute Gasteiger partial charge is 0.380 e. The Hall–Kier alpha value is -0.380. The second kappa shape index (κ2) is 5.64. The molecular weight excluding hydrogens is 188 g/mol. The fraction of sp³-hybridized carbons (Fsp3) is 0.833. The summed E-state index contributed by atoms with van der Waals surface area (Å²) in [6.07, 6.45) is 5.72. The van der Waals surface area contributed by atoms with Gasteiger partial charge in [0.1, 0.15) is 0 Å². The average Bonchev–Trinajstić information content (AvgIpc) is 2.74. The van der Waals surface area contributed by atoms with Crippen LogP contribution in [0.15, 0.2) is 12.7 Å². The second-order valence-electron chi connectivity index (χ2n) is 4.59. The number of nitrogens with one attached hydrogen (secondary N) is 1. The summed E-state index contributed by atoms with van der Waals surface area (Å²) >= 11 is 0. The first-order chi connectivity index (χ1) is 7.38. The summed E-state index contributed by atoms with van der Waals surface area (Å²) in [6.45, 7) is 9.08. The summed E-state index contributed by atoms with van der Waals surface area (Å²) in [5, 5.41) is 3.70. The van der Waals surface area contributed by atoms with Gasteiger partial charge in [-0.2, -0.15) is 0 Å². The molecule has 0 saturated carbocycles. The molecule has 1 unspecified atom stereocenters.